The Morgan fingerprint density at radius 3 is 2.94 bits per heavy atom. The summed E-state index contributed by atoms with van der Waals surface area (Å²) >= 11 is 0. The number of aliphatic carboxylic acids is 1. The van der Waals surface area contributed by atoms with Crippen LogP contribution >= 0.6 is 0 Å². The number of piperidine rings is 1. The lowest BCUT2D eigenvalue weighted by Gasteiger charge is -2.36. The highest BCUT2D eigenvalue weighted by Crippen LogP contribution is 2.23. The summed E-state index contributed by atoms with van der Waals surface area (Å²) in [4.78, 5) is 13.3. The van der Waals surface area contributed by atoms with Crippen LogP contribution in [0.4, 0.5) is 0 Å². The number of carboxylic acids is 1. The van der Waals surface area contributed by atoms with Crippen LogP contribution in [0.3, 0.4) is 0 Å². The van der Waals surface area contributed by atoms with E-state index in [-0.39, 0.29) is 5.92 Å². The minimum atomic E-state index is -0.645. The largest absolute Gasteiger partial charge is 0.481 e. The number of aromatic nitrogens is 2. The van der Waals surface area contributed by atoms with Crippen molar-refractivity contribution in [3.8, 4) is 0 Å². The summed E-state index contributed by atoms with van der Waals surface area (Å²) in [6.07, 6.45) is 4.32. The number of rotatable bonds is 4. The van der Waals surface area contributed by atoms with E-state index >= 15 is 0 Å². The second-order valence-electron chi connectivity index (χ2n) is 5.14. The van der Waals surface area contributed by atoms with Gasteiger partial charge in [0, 0.05) is 37.9 Å². The van der Waals surface area contributed by atoms with Crippen LogP contribution in [0.15, 0.2) is 12.3 Å². The molecule has 100 valence electrons. The van der Waals surface area contributed by atoms with Crippen molar-refractivity contribution in [3.05, 3.63) is 18.0 Å². The molecule has 0 spiro atoms. The number of likely N-dealkylation sites (tertiary alicyclic amines) is 1. The first kappa shape index (κ1) is 13.1. The molecule has 18 heavy (non-hydrogen) atoms. The van der Waals surface area contributed by atoms with Crippen LogP contribution in [0.2, 0.25) is 0 Å². The van der Waals surface area contributed by atoms with Gasteiger partial charge in [-0.2, -0.15) is 5.10 Å². The maximum absolute atomic E-state index is 11.0. The van der Waals surface area contributed by atoms with E-state index in [0.717, 1.165) is 32.4 Å². The van der Waals surface area contributed by atoms with Crippen LogP contribution in [0.25, 0.3) is 0 Å². The SMILES string of the molecule is CC1CC(C(=O)O)CCN1CCc1ccnn1C. The zero-order valence-electron chi connectivity index (χ0n) is 11.0. The fourth-order valence-corrected chi connectivity index (χ4v) is 2.68. The van der Waals surface area contributed by atoms with Gasteiger partial charge in [-0.1, -0.05) is 0 Å². The van der Waals surface area contributed by atoms with Gasteiger partial charge in [0.05, 0.1) is 5.92 Å². The molecule has 1 aliphatic heterocycles. The summed E-state index contributed by atoms with van der Waals surface area (Å²) in [5.74, 6) is -0.805. The van der Waals surface area contributed by atoms with E-state index in [9.17, 15) is 4.79 Å². The Morgan fingerprint density at radius 2 is 2.39 bits per heavy atom. The summed E-state index contributed by atoms with van der Waals surface area (Å²) in [6.45, 7) is 3.99. The highest BCUT2D eigenvalue weighted by Gasteiger charge is 2.29. The summed E-state index contributed by atoms with van der Waals surface area (Å²) in [7, 11) is 1.95. The molecule has 5 heteroatoms. The first-order valence-electron chi connectivity index (χ1n) is 6.51. The fraction of sp³-hybridized carbons (Fsp3) is 0.692. The molecule has 1 saturated heterocycles. The van der Waals surface area contributed by atoms with Crippen molar-refractivity contribution in [2.24, 2.45) is 13.0 Å². The zero-order chi connectivity index (χ0) is 13.1. The summed E-state index contributed by atoms with van der Waals surface area (Å²) < 4.78 is 1.90. The van der Waals surface area contributed by atoms with Crippen molar-refractivity contribution in [2.75, 3.05) is 13.1 Å². The Balaban J connectivity index is 1.84. The topological polar surface area (TPSA) is 58.4 Å². The molecule has 1 N–H and O–H groups in total. The molecule has 0 aliphatic carbocycles. The van der Waals surface area contributed by atoms with E-state index in [1.54, 1.807) is 0 Å². The van der Waals surface area contributed by atoms with Crippen LogP contribution in [-0.2, 0) is 18.3 Å². The van der Waals surface area contributed by atoms with Crippen molar-refractivity contribution >= 4 is 5.97 Å². The highest BCUT2D eigenvalue weighted by molar-refractivity contribution is 5.70. The Labute approximate surface area is 107 Å². The van der Waals surface area contributed by atoms with Gasteiger partial charge in [0.1, 0.15) is 0 Å². The summed E-state index contributed by atoms with van der Waals surface area (Å²) in [5, 5.41) is 13.2. The molecular weight excluding hydrogens is 230 g/mol. The minimum Gasteiger partial charge on any atom is -0.481 e. The average molecular weight is 251 g/mol. The van der Waals surface area contributed by atoms with Gasteiger partial charge in [0.2, 0.25) is 0 Å². The molecule has 0 radical (unpaired) electrons. The third-order valence-electron chi connectivity index (χ3n) is 3.94. The van der Waals surface area contributed by atoms with Crippen LogP contribution in [0, 0.1) is 5.92 Å². The molecule has 2 rings (SSSR count). The van der Waals surface area contributed by atoms with Crippen molar-refractivity contribution in [2.45, 2.75) is 32.2 Å². The lowest BCUT2D eigenvalue weighted by atomic mass is 9.91. The molecule has 0 aromatic carbocycles. The van der Waals surface area contributed by atoms with E-state index in [0.29, 0.717) is 6.04 Å². The predicted molar refractivity (Wildman–Crippen MR) is 68.3 cm³/mol. The van der Waals surface area contributed by atoms with Crippen LogP contribution in [-0.4, -0.2) is 44.9 Å². The van der Waals surface area contributed by atoms with Crippen LogP contribution in [0.1, 0.15) is 25.5 Å². The zero-order valence-corrected chi connectivity index (χ0v) is 11.0. The average Bonchev–Trinajstić information content (AvgIpc) is 2.73. The van der Waals surface area contributed by atoms with Crippen molar-refractivity contribution in [1.29, 1.82) is 0 Å². The van der Waals surface area contributed by atoms with Crippen molar-refractivity contribution < 1.29 is 9.90 Å². The smallest absolute Gasteiger partial charge is 0.306 e. The van der Waals surface area contributed by atoms with E-state index in [1.807, 2.05) is 24.0 Å². The quantitative estimate of drug-likeness (QED) is 0.872. The lowest BCUT2D eigenvalue weighted by Crippen LogP contribution is -2.43. The number of hydrogen-bond acceptors (Lipinski definition) is 3. The predicted octanol–water partition coefficient (Wildman–Crippen LogP) is 1.15. The molecule has 1 aromatic rings. The minimum absolute atomic E-state index is 0.159. The molecule has 1 aromatic heterocycles. The number of carboxylic acid groups (broad SMARTS) is 1. The molecule has 0 amide bonds. The Bertz CT molecular complexity index is 416. The maximum atomic E-state index is 11.0. The normalized spacial score (nSPS) is 25.2. The third-order valence-corrected chi connectivity index (χ3v) is 3.94. The number of hydrogen-bond donors (Lipinski definition) is 1. The third kappa shape index (κ3) is 2.90. The molecule has 2 atom stereocenters. The molecule has 2 heterocycles. The molecule has 0 bridgehead atoms. The molecule has 1 fully saturated rings. The Morgan fingerprint density at radius 1 is 1.61 bits per heavy atom. The van der Waals surface area contributed by atoms with Gasteiger partial charge in [0.25, 0.3) is 0 Å². The molecule has 5 nitrogen and oxygen atoms in total. The second-order valence-corrected chi connectivity index (χ2v) is 5.14. The molecular formula is C13H21N3O2. The molecule has 0 saturated carbocycles. The molecule has 2 unspecified atom stereocenters. The standard InChI is InChI=1S/C13H21N3O2/c1-10-9-11(13(17)18)4-7-16(10)8-5-12-3-6-14-15(12)2/h3,6,10-11H,4-5,7-9H2,1-2H3,(H,17,18). The van der Waals surface area contributed by atoms with Gasteiger partial charge in [0.15, 0.2) is 0 Å². The first-order valence-corrected chi connectivity index (χ1v) is 6.51. The Kier molecular flexibility index (Phi) is 4.01. The Hall–Kier alpha value is -1.36. The number of nitrogens with zero attached hydrogens (tertiary/aromatic N) is 3. The number of carbonyl (C=O) groups is 1. The van der Waals surface area contributed by atoms with Crippen LogP contribution in [0.5, 0.6) is 0 Å². The van der Waals surface area contributed by atoms with Gasteiger partial charge in [-0.3, -0.25) is 9.48 Å². The van der Waals surface area contributed by atoms with Gasteiger partial charge >= 0.3 is 5.97 Å². The van der Waals surface area contributed by atoms with E-state index in [1.165, 1.54) is 5.69 Å². The van der Waals surface area contributed by atoms with Crippen LogP contribution < -0.4 is 0 Å². The van der Waals surface area contributed by atoms with Crippen molar-refractivity contribution in [3.63, 3.8) is 0 Å². The number of aryl methyl sites for hydroxylation is 1. The highest BCUT2D eigenvalue weighted by atomic mass is 16.4. The van der Waals surface area contributed by atoms with Gasteiger partial charge in [-0.25, -0.2) is 0 Å². The monoisotopic (exact) mass is 251 g/mol. The van der Waals surface area contributed by atoms with Gasteiger partial charge in [-0.15, -0.1) is 0 Å². The van der Waals surface area contributed by atoms with Gasteiger partial charge < -0.3 is 10.0 Å². The summed E-state index contributed by atoms with van der Waals surface area (Å²) in [5.41, 5.74) is 1.22. The van der Waals surface area contributed by atoms with Gasteiger partial charge in [-0.05, 0) is 32.4 Å². The summed E-state index contributed by atoms with van der Waals surface area (Å²) in [6, 6.07) is 2.39. The van der Waals surface area contributed by atoms with E-state index < -0.39 is 5.97 Å². The van der Waals surface area contributed by atoms with Crippen molar-refractivity contribution in [1.82, 2.24) is 14.7 Å². The lowest BCUT2D eigenvalue weighted by molar-refractivity contribution is -0.144. The molecule has 1 aliphatic rings. The maximum Gasteiger partial charge on any atom is 0.306 e. The first-order chi connectivity index (χ1) is 8.58. The second kappa shape index (κ2) is 5.52. The van der Waals surface area contributed by atoms with E-state index in [2.05, 4.69) is 16.9 Å². The fourth-order valence-electron chi connectivity index (χ4n) is 2.68. The van der Waals surface area contributed by atoms with E-state index in [4.69, 9.17) is 5.11 Å².